The van der Waals surface area contributed by atoms with Gasteiger partial charge in [0.1, 0.15) is 0 Å². The Bertz CT molecular complexity index is 326. The minimum absolute atomic E-state index is 0.369. The number of hydrogen-bond acceptors (Lipinski definition) is 4. The molecule has 0 unspecified atom stereocenters. The Labute approximate surface area is 87.6 Å². The van der Waals surface area contributed by atoms with Crippen LogP contribution < -0.4 is 10.6 Å². The lowest BCUT2D eigenvalue weighted by Gasteiger charge is -2.29. The fourth-order valence-electron chi connectivity index (χ4n) is 1.52. The molecule has 2 N–H and O–H groups in total. The number of nitrogen functional groups attached to an aromatic ring is 1. The number of nitrogens with two attached hydrogens (primary N) is 1. The molecule has 1 aliphatic heterocycles. The highest BCUT2D eigenvalue weighted by atomic mass is 35.5. The first-order valence-corrected chi connectivity index (χ1v) is 4.89. The number of anilines is 2. The zero-order chi connectivity index (χ0) is 9.97. The van der Waals surface area contributed by atoms with Crippen LogP contribution in [0.15, 0.2) is 12.3 Å². The van der Waals surface area contributed by atoms with Gasteiger partial charge in [-0.1, -0.05) is 11.6 Å². The normalized spacial score (nSPS) is 17.1. The minimum Gasteiger partial charge on any atom is -0.395 e. The fraction of sp³-hybridized carbons (Fsp3) is 0.444. The molecule has 0 saturated carbocycles. The summed E-state index contributed by atoms with van der Waals surface area (Å²) in [5.74, 6) is 0. The summed E-state index contributed by atoms with van der Waals surface area (Å²) in [7, 11) is 0. The SMILES string of the molecule is Nc1c(N2CCOCC2)ccnc1Cl. The second-order valence-electron chi connectivity index (χ2n) is 3.13. The molecule has 0 spiro atoms. The minimum atomic E-state index is 0.369. The van der Waals surface area contributed by atoms with Crippen LogP contribution in [0.4, 0.5) is 11.4 Å². The molecule has 0 atom stereocenters. The van der Waals surface area contributed by atoms with Crippen molar-refractivity contribution in [2.45, 2.75) is 0 Å². The second kappa shape index (κ2) is 4.02. The predicted molar refractivity (Wildman–Crippen MR) is 56.7 cm³/mol. The van der Waals surface area contributed by atoms with Gasteiger partial charge in [0.05, 0.1) is 24.6 Å². The number of pyridine rings is 1. The van der Waals surface area contributed by atoms with Gasteiger partial charge in [0.25, 0.3) is 0 Å². The highest BCUT2D eigenvalue weighted by Gasteiger charge is 2.14. The molecule has 0 radical (unpaired) electrons. The highest BCUT2D eigenvalue weighted by Crippen LogP contribution is 2.28. The molecule has 76 valence electrons. The molecule has 2 rings (SSSR count). The molecule has 14 heavy (non-hydrogen) atoms. The molecule has 1 aromatic heterocycles. The number of halogens is 1. The molecule has 1 saturated heterocycles. The molecule has 1 aliphatic rings. The first kappa shape index (κ1) is 9.55. The van der Waals surface area contributed by atoms with Gasteiger partial charge in [0.2, 0.25) is 0 Å². The summed E-state index contributed by atoms with van der Waals surface area (Å²) in [6.45, 7) is 3.17. The van der Waals surface area contributed by atoms with E-state index in [0.717, 1.165) is 32.0 Å². The molecule has 1 aromatic rings. The lowest BCUT2D eigenvalue weighted by atomic mass is 10.3. The van der Waals surface area contributed by atoms with Crippen molar-refractivity contribution in [3.8, 4) is 0 Å². The summed E-state index contributed by atoms with van der Waals surface area (Å²) in [4.78, 5) is 6.08. The standard InChI is InChI=1S/C9H12ClN3O/c10-9-8(11)7(1-2-12-9)13-3-5-14-6-4-13/h1-2H,3-6,11H2. The van der Waals surface area contributed by atoms with Crippen molar-refractivity contribution in [1.29, 1.82) is 0 Å². The summed E-state index contributed by atoms with van der Waals surface area (Å²) < 4.78 is 5.26. The lowest BCUT2D eigenvalue weighted by Crippen LogP contribution is -2.36. The van der Waals surface area contributed by atoms with Crippen LogP contribution in [-0.2, 0) is 4.74 Å². The topological polar surface area (TPSA) is 51.4 Å². The van der Waals surface area contributed by atoms with Gasteiger partial charge < -0.3 is 15.4 Å². The maximum absolute atomic E-state index is 5.84. The van der Waals surface area contributed by atoms with Gasteiger partial charge in [-0.05, 0) is 6.07 Å². The zero-order valence-electron chi connectivity index (χ0n) is 7.74. The Morgan fingerprint density at radius 3 is 2.86 bits per heavy atom. The van der Waals surface area contributed by atoms with E-state index in [2.05, 4.69) is 9.88 Å². The van der Waals surface area contributed by atoms with Gasteiger partial charge in [0, 0.05) is 19.3 Å². The van der Waals surface area contributed by atoms with Crippen LogP contribution in [0.3, 0.4) is 0 Å². The first-order chi connectivity index (χ1) is 6.79. The van der Waals surface area contributed by atoms with Crippen LogP contribution in [0, 0.1) is 0 Å². The van der Waals surface area contributed by atoms with E-state index in [9.17, 15) is 0 Å². The quantitative estimate of drug-likeness (QED) is 0.712. The summed E-state index contributed by atoms with van der Waals surface area (Å²) in [5.41, 5.74) is 7.34. The summed E-state index contributed by atoms with van der Waals surface area (Å²) in [5, 5.41) is 0.369. The van der Waals surface area contributed by atoms with Crippen LogP contribution in [0.25, 0.3) is 0 Å². The Hall–Kier alpha value is -1.00. The Morgan fingerprint density at radius 1 is 1.43 bits per heavy atom. The van der Waals surface area contributed by atoms with E-state index in [4.69, 9.17) is 22.1 Å². The molecule has 1 fully saturated rings. The number of hydrogen-bond donors (Lipinski definition) is 1. The monoisotopic (exact) mass is 213 g/mol. The van der Waals surface area contributed by atoms with Crippen LogP contribution in [0.1, 0.15) is 0 Å². The molecule has 4 nitrogen and oxygen atoms in total. The molecular formula is C9H12ClN3O. The van der Waals surface area contributed by atoms with E-state index in [1.54, 1.807) is 6.20 Å². The van der Waals surface area contributed by atoms with E-state index in [1.165, 1.54) is 0 Å². The van der Waals surface area contributed by atoms with Crippen LogP contribution in [0.5, 0.6) is 0 Å². The van der Waals surface area contributed by atoms with Crippen molar-refractivity contribution in [2.24, 2.45) is 0 Å². The highest BCUT2D eigenvalue weighted by molar-refractivity contribution is 6.32. The van der Waals surface area contributed by atoms with Crippen LogP contribution >= 0.6 is 11.6 Å². The van der Waals surface area contributed by atoms with E-state index in [1.807, 2.05) is 6.07 Å². The van der Waals surface area contributed by atoms with Crippen LogP contribution in [-0.4, -0.2) is 31.3 Å². The number of rotatable bonds is 1. The molecule has 2 heterocycles. The fourth-order valence-corrected chi connectivity index (χ4v) is 1.67. The maximum atomic E-state index is 5.84. The molecule has 0 bridgehead atoms. The first-order valence-electron chi connectivity index (χ1n) is 4.51. The molecule has 0 amide bonds. The third-order valence-electron chi connectivity index (χ3n) is 2.27. The van der Waals surface area contributed by atoms with Gasteiger partial charge in [-0.25, -0.2) is 4.98 Å². The predicted octanol–water partition coefficient (Wildman–Crippen LogP) is 1.15. The average Bonchev–Trinajstić information content (AvgIpc) is 2.23. The van der Waals surface area contributed by atoms with Gasteiger partial charge >= 0.3 is 0 Å². The van der Waals surface area contributed by atoms with Crippen molar-refractivity contribution >= 4 is 23.0 Å². The van der Waals surface area contributed by atoms with Crippen molar-refractivity contribution in [1.82, 2.24) is 4.98 Å². The largest absolute Gasteiger partial charge is 0.395 e. The number of nitrogens with zero attached hydrogens (tertiary/aromatic N) is 2. The Kier molecular flexibility index (Phi) is 2.74. The average molecular weight is 214 g/mol. The maximum Gasteiger partial charge on any atom is 0.154 e. The summed E-state index contributed by atoms with van der Waals surface area (Å²) in [6.07, 6.45) is 1.67. The lowest BCUT2D eigenvalue weighted by molar-refractivity contribution is 0.123. The van der Waals surface area contributed by atoms with E-state index in [-0.39, 0.29) is 0 Å². The van der Waals surface area contributed by atoms with E-state index >= 15 is 0 Å². The molecule has 0 aliphatic carbocycles. The molecule has 5 heteroatoms. The van der Waals surface area contributed by atoms with Gasteiger partial charge in [-0.3, -0.25) is 0 Å². The molecule has 0 aromatic carbocycles. The summed E-state index contributed by atoms with van der Waals surface area (Å²) in [6, 6.07) is 1.88. The smallest absolute Gasteiger partial charge is 0.154 e. The molecular weight excluding hydrogens is 202 g/mol. The van der Waals surface area contributed by atoms with Crippen molar-refractivity contribution in [3.05, 3.63) is 17.4 Å². The van der Waals surface area contributed by atoms with Gasteiger partial charge in [0.15, 0.2) is 5.15 Å². The number of ether oxygens (including phenoxy) is 1. The second-order valence-corrected chi connectivity index (χ2v) is 3.49. The van der Waals surface area contributed by atoms with Crippen molar-refractivity contribution in [2.75, 3.05) is 36.9 Å². The van der Waals surface area contributed by atoms with Crippen LogP contribution in [0.2, 0.25) is 5.15 Å². The third-order valence-corrected chi connectivity index (χ3v) is 2.57. The van der Waals surface area contributed by atoms with E-state index in [0.29, 0.717) is 10.8 Å². The summed E-state index contributed by atoms with van der Waals surface area (Å²) >= 11 is 5.84. The zero-order valence-corrected chi connectivity index (χ0v) is 8.50. The van der Waals surface area contributed by atoms with E-state index < -0.39 is 0 Å². The van der Waals surface area contributed by atoms with Crippen molar-refractivity contribution in [3.63, 3.8) is 0 Å². The third kappa shape index (κ3) is 1.76. The van der Waals surface area contributed by atoms with Gasteiger partial charge in [-0.15, -0.1) is 0 Å². The number of aromatic nitrogens is 1. The van der Waals surface area contributed by atoms with Gasteiger partial charge in [-0.2, -0.15) is 0 Å². The Morgan fingerprint density at radius 2 is 2.14 bits per heavy atom. The Balaban J connectivity index is 2.26. The number of morpholine rings is 1. The van der Waals surface area contributed by atoms with Crippen molar-refractivity contribution < 1.29 is 4.74 Å².